The predicted molar refractivity (Wildman–Crippen MR) is 73.8 cm³/mol. The van der Waals surface area contributed by atoms with Crippen LogP contribution in [0.4, 0.5) is 4.79 Å². The number of carbonyl (C=O) groups is 1. The van der Waals surface area contributed by atoms with Gasteiger partial charge in [0.15, 0.2) is 0 Å². The average molecular weight is 265 g/mol. The third kappa shape index (κ3) is 3.89. The van der Waals surface area contributed by atoms with Crippen LogP contribution in [0.25, 0.3) is 10.9 Å². The molecular formula is C13H19N3O3. The maximum absolute atomic E-state index is 9.37. The lowest BCUT2D eigenvalue weighted by atomic mass is 10.1. The number of hydrogen-bond acceptors (Lipinski definition) is 4. The lowest BCUT2D eigenvalue weighted by Crippen LogP contribution is -2.08. The van der Waals surface area contributed by atoms with Gasteiger partial charge in [-0.3, -0.25) is 0 Å². The highest BCUT2D eigenvalue weighted by Crippen LogP contribution is 2.20. The van der Waals surface area contributed by atoms with Crippen molar-refractivity contribution in [3.63, 3.8) is 0 Å². The number of ether oxygens (including phenoxy) is 1. The van der Waals surface area contributed by atoms with Crippen LogP contribution in [0.1, 0.15) is 5.56 Å². The molecule has 104 valence electrons. The molecule has 19 heavy (non-hydrogen) atoms. The van der Waals surface area contributed by atoms with E-state index in [0.29, 0.717) is 6.54 Å². The monoisotopic (exact) mass is 265 g/mol. The molecule has 0 fully saturated rings. The maximum atomic E-state index is 9.37. The quantitative estimate of drug-likeness (QED) is 0.862. The fourth-order valence-corrected chi connectivity index (χ4v) is 1.72. The van der Waals surface area contributed by atoms with Gasteiger partial charge in [-0.25, -0.2) is 4.79 Å². The molecule has 0 aliphatic carbocycles. The minimum absolute atomic E-state index is 0.664. The molecule has 0 spiro atoms. The number of amides is 1. The number of carbonyl (C=O) groups excluding carboxylic acids is 1. The van der Waals surface area contributed by atoms with Crippen LogP contribution in [-0.2, 0) is 11.2 Å². The van der Waals surface area contributed by atoms with E-state index in [0.717, 1.165) is 11.9 Å². The van der Waals surface area contributed by atoms with Crippen LogP contribution < -0.4 is 16.3 Å². The van der Waals surface area contributed by atoms with E-state index in [1.165, 1.54) is 18.1 Å². The highest BCUT2D eigenvalue weighted by atomic mass is 16.6. The minimum atomic E-state index is -0.745. The van der Waals surface area contributed by atoms with Crippen LogP contribution >= 0.6 is 0 Å². The summed E-state index contributed by atoms with van der Waals surface area (Å²) in [6.45, 7) is 0.664. The third-order valence-electron chi connectivity index (χ3n) is 2.57. The van der Waals surface area contributed by atoms with Crippen molar-refractivity contribution in [1.29, 1.82) is 0 Å². The number of para-hydroxylation sites is 1. The van der Waals surface area contributed by atoms with Gasteiger partial charge in [-0.2, -0.15) is 4.73 Å². The summed E-state index contributed by atoms with van der Waals surface area (Å²) in [4.78, 5) is 14.6. The van der Waals surface area contributed by atoms with Crippen LogP contribution in [0.5, 0.6) is 0 Å². The van der Waals surface area contributed by atoms with Gasteiger partial charge in [0.1, 0.15) is 7.11 Å². The Morgan fingerprint density at radius 1 is 1.32 bits per heavy atom. The predicted octanol–water partition coefficient (Wildman–Crippen LogP) is 0.912. The van der Waals surface area contributed by atoms with E-state index in [9.17, 15) is 4.79 Å². The highest BCUT2D eigenvalue weighted by Gasteiger charge is 2.06. The van der Waals surface area contributed by atoms with E-state index in [1.54, 1.807) is 11.8 Å². The molecule has 1 heterocycles. The fourth-order valence-electron chi connectivity index (χ4n) is 1.72. The average Bonchev–Trinajstić information content (AvgIpc) is 2.78. The minimum Gasteiger partial charge on any atom is -0.453 e. The molecule has 2 aromatic rings. The molecule has 0 unspecified atom stereocenters. The van der Waals surface area contributed by atoms with Crippen LogP contribution in [0.15, 0.2) is 30.5 Å². The van der Waals surface area contributed by atoms with Crippen molar-refractivity contribution in [2.24, 2.45) is 11.5 Å². The first-order valence-corrected chi connectivity index (χ1v) is 5.81. The number of nitrogens with two attached hydrogens (primary N) is 2. The van der Waals surface area contributed by atoms with Gasteiger partial charge in [0.2, 0.25) is 0 Å². The second kappa shape index (κ2) is 7.27. The van der Waals surface area contributed by atoms with Crippen molar-refractivity contribution in [3.8, 4) is 0 Å². The van der Waals surface area contributed by atoms with Crippen molar-refractivity contribution < 1.29 is 14.4 Å². The van der Waals surface area contributed by atoms with Crippen molar-refractivity contribution in [2.45, 2.75) is 6.42 Å². The van der Waals surface area contributed by atoms with E-state index in [4.69, 9.17) is 10.6 Å². The smallest absolute Gasteiger partial charge is 0.404 e. The summed E-state index contributed by atoms with van der Waals surface area (Å²) in [5, 5.41) is 1.22. The molecule has 1 amide bonds. The molecule has 0 radical (unpaired) electrons. The third-order valence-corrected chi connectivity index (χ3v) is 2.57. The second-order valence-electron chi connectivity index (χ2n) is 3.74. The Labute approximate surface area is 111 Å². The molecule has 6 heteroatoms. The fraction of sp³-hybridized carbons (Fsp3) is 0.308. The molecule has 0 bridgehead atoms. The van der Waals surface area contributed by atoms with Crippen molar-refractivity contribution >= 4 is 17.0 Å². The topological polar surface area (TPSA) is 92.5 Å². The lowest BCUT2D eigenvalue weighted by Gasteiger charge is -2.00. The SMILES string of the molecule is COC(N)=O.COn1cc(CCN)c2ccccc21. The molecule has 0 saturated heterocycles. The molecule has 4 N–H and O–H groups in total. The van der Waals surface area contributed by atoms with Crippen LogP contribution in [-0.4, -0.2) is 31.6 Å². The summed E-state index contributed by atoms with van der Waals surface area (Å²) in [5.74, 6) is 0. The molecule has 1 aromatic carbocycles. The highest BCUT2D eigenvalue weighted by molar-refractivity contribution is 5.83. The number of hydrogen-bond donors (Lipinski definition) is 2. The summed E-state index contributed by atoms with van der Waals surface area (Å²) in [5.41, 5.74) is 12.3. The van der Waals surface area contributed by atoms with Gasteiger partial charge in [0.25, 0.3) is 0 Å². The molecule has 1 aromatic heterocycles. The summed E-state index contributed by atoms with van der Waals surface area (Å²) in [7, 11) is 2.89. The zero-order valence-corrected chi connectivity index (χ0v) is 11.1. The van der Waals surface area contributed by atoms with Gasteiger partial charge in [-0.05, 0) is 24.6 Å². The van der Waals surface area contributed by atoms with Crippen molar-refractivity contribution in [2.75, 3.05) is 20.8 Å². The summed E-state index contributed by atoms with van der Waals surface area (Å²) in [6.07, 6.45) is 2.14. The van der Waals surface area contributed by atoms with Crippen LogP contribution in [0.3, 0.4) is 0 Å². The zero-order chi connectivity index (χ0) is 14.3. The first kappa shape index (κ1) is 14.8. The van der Waals surface area contributed by atoms with E-state index in [2.05, 4.69) is 16.5 Å². The Bertz CT molecular complexity index is 537. The van der Waals surface area contributed by atoms with Gasteiger partial charge in [0.05, 0.1) is 12.6 Å². The van der Waals surface area contributed by atoms with E-state index in [-0.39, 0.29) is 0 Å². The molecular weight excluding hydrogens is 246 g/mol. The number of fused-ring (bicyclic) bond motifs is 1. The Balaban J connectivity index is 0.000000312. The number of methoxy groups -OCH3 is 1. The standard InChI is InChI=1S/C11H14N2O.C2H5NO2/c1-14-13-8-9(6-7-12)10-4-2-3-5-11(10)13;1-5-2(3)4/h2-5,8H,6-7,12H2,1H3;1H3,(H2,3,4). The Kier molecular flexibility index (Phi) is 5.69. The first-order valence-electron chi connectivity index (χ1n) is 5.81. The second-order valence-corrected chi connectivity index (χ2v) is 3.74. The molecule has 6 nitrogen and oxygen atoms in total. The van der Waals surface area contributed by atoms with E-state index >= 15 is 0 Å². The summed E-state index contributed by atoms with van der Waals surface area (Å²) < 4.78 is 5.67. The van der Waals surface area contributed by atoms with Gasteiger partial charge < -0.3 is 21.0 Å². The Hall–Kier alpha value is -2.21. The summed E-state index contributed by atoms with van der Waals surface area (Å²) in [6, 6.07) is 8.17. The van der Waals surface area contributed by atoms with Gasteiger partial charge in [-0.1, -0.05) is 18.2 Å². The van der Waals surface area contributed by atoms with Gasteiger partial charge >= 0.3 is 6.09 Å². The number of benzene rings is 1. The summed E-state index contributed by atoms with van der Waals surface area (Å²) >= 11 is 0. The van der Waals surface area contributed by atoms with Crippen LogP contribution in [0.2, 0.25) is 0 Å². The first-order chi connectivity index (χ1) is 9.13. The molecule has 0 aliphatic heterocycles. The molecule has 2 rings (SSSR count). The number of primary amides is 1. The molecule has 0 aliphatic rings. The van der Waals surface area contributed by atoms with E-state index < -0.39 is 6.09 Å². The maximum Gasteiger partial charge on any atom is 0.404 e. The zero-order valence-electron chi connectivity index (χ0n) is 11.1. The molecule has 0 saturated carbocycles. The van der Waals surface area contributed by atoms with E-state index in [1.807, 2.05) is 24.4 Å². The van der Waals surface area contributed by atoms with Crippen LogP contribution in [0, 0.1) is 0 Å². The Morgan fingerprint density at radius 3 is 2.47 bits per heavy atom. The number of nitrogens with zero attached hydrogens (tertiary/aromatic N) is 1. The number of rotatable bonds is 3. The molecule has 0 atom stereocenters. The lowest BCUT2D eigenvalue weighted by molar-refractivity contribution is 0.179. The normalized spacial score (nSPS) is 9.63. The number of aromatic nitrogens is 1. The Morgan fingerprint density at radius 2 is 1.95 bits per heavy atom. The van der Waals surface area contributed by atoms with Gasteiger partial charge in [-0.15, -0.1) is 0 Å². The van der Waals surface area contributed by atoms with Crippen molar-refractivity contribution in [1.82, 2.24) is 4.73 Å². The van der Waals surface area contributed by atoms with Crippen molar-refractivity contribution in [3.05, 3.63) is 36.0 Å². The van der Waals surface area contributed by atoms with Gasteiger partial charge in [0, 0.05) is 11.6 Å². The largest absolute Gasteiger partial charge is 0.453 e.